The van der Waals surface area contributed by atoms with Gasteiger partial charge in [-0.1, -0.05) is 6.08 Å². The largest absolute Gasteiger partial charge is 0.478 e. The highest BCUT2D eigenvalue weighted by Gasteiger charge is 1.87. The summed E-state index contributed by atoms with van der Waals surface area (Å²) in [5.74, 6) is -0.916. The number of carboxylic acids is 1. The maximum atomic E-state index is 10.0. The van der Waals surface area contributed by atoms with Gasteiger partial charge in [0.2, 0.25) is 0 Å². The summed E-state index contributed by atoms with van der Waals surface area (Å²) in [6.07, 6.45) is 5.76. The summed E-state index contributed by atoms with van der Waals surface area (Å²) in [7, 11) is 0. The lowest BCUT2D eigenvalue weighted by Gasteiger charge is -1.98. The number of aliphatic carboxylic acids is 1. The van der Waals surface area contributed by atoms with E-state index in [0.29, 0.717) is 12.8 Å². The highest BCUT2D eigenvalue weighted by atomic mass is 16.4. The molecule has 0 saturated heterocycles. The van der Waals surface area contributed by atoms with Crippen LogP contribution < -0.4 is 5.32 Å². The van der Waals surface area contributed by atoms with Crippen molar-refractivity contribution in [2.45, 2.75) is 19.3 Å². The third-order valence-corrected chi connectivity index (χ3v) is 1.42. The first-order valence-corrected chi connectivity index (χ1v) is 4.31. The van der Waals surface area contributed by atoms with Crippen molar-refractivity contribution in [3.05, 3.63) is 12.2 Å². The quantitative estimate of drug-likeness (QED) is 0.330. The van der Waals surface area contributed by atoms with Gasteiger partial charge in [-0.05, 0) is 25.9 Å². The van der Waals surface area contributed by atoms with E-state index in [4.69, 9.17) is 5.11 Å². The monoisotopic (exact) mass is 185 g/mol. The molecule has 0 atom stereocenters. The molecule has 0 radical (unpaired) electrons. The van der Waals surface area contributed by atoms with E-state index in [0.717, 1.165) is 31.9 Å². The van der Waals surface area contributed by atoms with E-state index in [1.807, 2.05) is 0 Å². The number of rotatable bonds is 8. The Hall–Kier alpha value is -1.16. The molecular weight excluding hydrogens is 170 g/mol. The average Bonchev–Trinajstić information content (AvgIpc) is 2.09. The van der Waals surface area contributed by atoms with E-state index in [2.05, 4.69) is 5.32 Å². The normalized spacial score (nSPS) is 10.5. The number of carboxylic acid groups (broad SMARTS) is 1. The molecule has 0 aromatic heterocycles. The standard InChI is InChI=1S/C9H15NO3/c11-8-4-3-7-10-6-2-1-5-9(12)13/h1,5,8,10H,2-4,6-7H2,(H,12,13)/b5-1+. The lowest BCUT2D eigenvalue weighted by Crippen LogP contribution is -2.16. The summed E-state index contributed by atoms with van der Waals surface area (Å²) in [5, 5.41) is 11.3. The second-order valence-corrected chi connectivity index (χ2v) is 2.59. The molecule has 0 fully saturated rings. The van der Waals surface area contributed by atoms with Gasteiger partial charge in [0.15, 0.2) is 0 Å². The summed E-state index contributed by atoms with van der Waals surface area (Å²) < 4.78 is 0. The molecule has 0 saturated carbocycles. The van der Waals surface area contributed by atoms with Gasteiger partial charge in [0.05, 0.1) is 0 Å². The number of aldehydes is 1. The summed E-state index contributed by atoms with van der Waals surface area (Å²) in [4.78, 5) is 19.9. The molecule has 0 heterocycles. The predicted molar refractivity (Wildman–Crippen MR) is 49.6 cm³/mol. The van der Waals surface area contributed by atoms with E-state index in [1.54, 1.807) is 6.08 Å². The van der Waals surface area contributed by atoms with Crippen molar-refractivity contribution < 1.29 is 14.7 Å². The lowest BCUT2D eigenvalue weighted by molar-refractivity contribution is -0.131. The number of carbonyl (C=O) groups is 2. The number of nitrogens with one attached hydrogen (secondary N) is 1. The van der Waals surface area contributed by atoms with Crippen LogP contribution in [0.1, 0.15) is 19.3 Å². The second-order valence-electron chi connectivity index (χ2n) is 2.59. The van der Waals surface area contributed by atoms with Crippen LogP contribution in [-0.2, 0) is 9.59 Å². The lowest BCUT2D eigenvalue weighted by atomic mass is 10.3. The zero-order chi connectivity index (χ0) is 9.94. The third kappa shape index (κ3) is 10.8. The summed E-state index contributed by atoms with van der Waals surface area (Å²) >= 11 is 0. The molecule has 0 bridgehead atoms. The molecule has 0 aromatic carbocycles. The third-order valence-electron chi connectivity index (χ3n) is 1.42. The first-order valence-electron chi connectivity index (χ1n) is 4.31. The summed E-state index contributed by atoms with van der Waals surface area (Å²) in [6.45, 7) is 1.56. The van der Waals surface area contributed by atoms with Gasteiger partial charge in [-0.3, -0.25) is 0 Å². The van der Waals surface area contributed by atoms with Gasteiger partial charge >= 0.3 is 5.97 Å². The van der Waals surface area contributed by atoms with Gasteiger partial charge in [0.25, 0.3) is 0 Å². The highest BCUT2D eigenvalue weighted by molar-refractivity contribution is 5.79. The van der Waals surface area contributed by atoms with Gasteiger partial charge in [-0.15, -0.1) is 0 Å². The van der Waals surface area contributed by atoms with Gasteiger partial charge in [-0.2, -0.15) is 0 Å². The number of hydrogen-bond donors (Lipinski definition) is 2. The van der Waals surface area contributed by atoms with Crippen LogP contribution in [0.25, 0.3) is 0 Å². The van der Waals surface area contributed by atoms with E-state index in [9.17, 15) is 9.59 Å². The molecule has 0 aliphatic heterocycles. The van der Waals surface area contributed by atoms with Crippen LogP contribution in [-0.4, -0.2) is 30.5 Å². The predicted octanol–water partition coefficient (Wildman–Crippen LogP) is 0.586. The molecule has 74 valence electrons. The van der Waals surface area contributed by atoms with Gasteiger partial charge in [-0.25, -0.2) is 4.79 Å². The Morgan fingerprint density at radius 3 is 2.69 bits per heavy atom. The molecule has 0 unspecified atom stereocenters. The van der Waals surface area contributed by atoms with Gasteiger partial charge in [0, 0.05) is 12.5 Å². The van der Waals surface area contributed by atoms with Crippen LogP contribution in [0.15, 0.2) is 12.2 Å². The Balaban J connectivity index is 3.07. The molecular formula is C9H15NO3. The minimum atomic E-state index is -0.916. The van der Waals surface area contributed by atoms with Crippen LogP contribution in [0, 0.1) is 0 Å². The molecule has 4 heteroatoms. The SMILES string of the molecule is O=CCCCNCC/C=C/C(=O)O. The average molecular weight is 185 g/mol. The number of unbranched alkanes of at least 4 members (excludes halogenated alkanes) is 1. The molecule has 13 heavy (non-hydrogen) atoms. The Morgan fingerprint density at radius 2 is 2.08 bits per heavy atom. The van der Waals surface area contributed by atoms with Crippen molar-refractivity contribution in [2.24, 2.45) is 0 Å². The molecule has 0 aliphatic carbocycles. The molecule has 0 rings (SSSR count). The van der Waals surface area contributed by atoms with Gasteiger partial charge < -0.3 is 15.2 Å². The molecule has 0 aromatic rings. The first-order chi connectivity index (χ1) is 6.27. The van der Waals surface area contributed by atoms with Crippen LogP contribution in [0.4, 0.5) is 0 Å². The maximum Gasteiger partial charge on any atom is 0.327 e. The molecule has 4 nitrogen and oxygen atoms in total. The van der Waals surface area contributed by atoms with E-state index in [1.165, 1.54) is 0 Å². The first kappa shape index (κ1) is 11.8. The van der Waals surface area contributed by atoms with E-state index >= 15 is 0 Å². The minimum Gasteiger partial charge on any atom is -0.478 e. The highest BCUT2D eigenvalue weighted by Crippen LogP contribution is 1.83. The van der Waals surface area contributed by atoms with E-state index < -0.39 is 5.97 Å². The van der Waals surface area contributed by atoms with Crippen molar-refractivity contribution in [3.8, 4) is 0 Å². The fourth-order valence-corrected chi connectivity index (χ4v) is 0.805. The van der Waals surface area contributed by atoms with Crippen LogP contribution in [0.2, 0.25) is 0 Å². The van der Waals surface area contributed by atoms with Crippen molar-refractivity contribution in [1.29, 1.82) is 0 Å². The summed E-state index contributed by atoms with van der Waals surface area (Å²) in [6, 6.07) is 0. The van der Waals surface area contributed by atoms with Crippen LogP contribution >= 0.6 is 0 Å². The van der Waals surface area contributed by atoms with Crippen molar-refractivity contribution in [3.63, 3.8) is 0 Å². The van der Waals surface area contributed by atoms with Crippen molar-refractivity contribution in [1.82, 2.24) is 5.32 Å². The number of carbonyl (C=O) groups excluding carboxylic acids is 1. The van der Waals surface area contributed by atoms with Crippen LogP contribution in [0.3, 0.4) is 0 Å². The maximum absolute atomic E-state index is 10.0. The van der Waals surface area contributed by atoms with Crippen LogP contribution in [0.5, 0.6) is 0 Å². The molecule has 2 N–H and O–H groups in total. The fourth-order valence-electron chi connectivity index (χ4n) is 0.805. The second kappa shape index (κ2) is 8.93. The smallest absolute Gasteiger partial charge is 0.327 e. The Kier molecular flexibility index (Phi) is 8.14. The van der Waals surface area contributed by atoms with Crippen molar-refractivity contribution >= 4 is 12.3 Å². The Bertz CT molecular complexity index is 178. The molecule has 0 spiro atoms. The van der Waals surface area contributed by atoms with Gasteiger partial charge in [0.1, 0.15) is 6.29 Å². The molecule has 0 aliphatic rings. The zero-order valence-corrected chi connectivity index (χ0v) is 7.53. The minimum absolute atomic E-state index is 0.581. The number of hydrogen-bond acceptors (Lipinski definition) is 3. The fraction of sp³-hybridized carbons (Fsp3) is 0.556. The Labute approximate surface area is 77.6 Å². The molecule has 0 amide bonds. The summed E-state index contributed by atoms with van der Waals surface area (Å²) in [5.41, 5.74) is 0. The zero-order valence-electron chi connectivity index (χ0n) is 7.53. The topological polar surface area (TPSA) is 66.4 Å². The van der Waals surface area contributed by atoms with Crippen molar-refractivity contribution in [2.75, 3.05) is 13.1 Å². The Morgan fingerprint density at radius 1 is 1.31 bits per heavy atom. The van der Waals surface area contributed by atoms with E-state index in [-0.39, 0.29) is 0 Å².